The van der Waals surface area contributed by atoms with Crippen LogP contribution in [0.4, 0.5) is 5.69 Å². The summed E-state index contributed by atoms with van der Waals surface area (Å²) in [4.78, 5) is 18.3. The van der Waals surface area contributed by atoms with Crippen molar-refractivity contribution >= 4 is 11.6 Å². The zero-order valence-electron chi connectivity index (χ0n) is 12.9. The minimum absolute atomic E-state index is 0.0473. The van der Waals surface area contributed by atoms with Crippen molar-refractivity contribution in [3.8, 4) is 0 Å². The molecule has 0 fully saturated rings. The lowest BCUT2D eigenvalue weighted by atomic mass is 10.2. The standard InChI is InChI=1S/C15H26N4O/c1-12(2)19(4)10-6-5-8-18-15(20)13-7-9-17-11-14(13)16-3/h7,9,11-12,16H,5-6,8,10H2,1-4H3,(H,18,20). The van der Waals surface area contributed by atoms with Crippen LogP contribution in [0.5, 0.6) is 0 Å². The lowest BCUT2D eigenvalue weighted by molar-refractivity contribution is 0.0953. The molecule has 0 saturated carbocycles. The fourth-order valence-electron chi connectivity index (χ4n) is 1.83. The molecule has 0 spiro atoms. The van der Waals surface area contributed by atoms with E-state index in [0.29, 0.717) is 18.2 Å². The minimum Gasteiger partial charge on any atom is -0.386 e. The van der Waals surface area contributed by atoms with Crippen LogP contribution >= 0.6 is 0 Å². The van der Waals surface area contributed by atoms with Crippen LogP contribution in [-0.2, 0) is 0 Å². The van der Waals surface area contributed by atoms with E-state index in [1.807, 2.05) is 0 Å². The third-order valence-electron chi connectivity index (χ3n) is 3.44. The van der Waals surface area contributed by atoms with Crippen molar-refractivity contribution in [1.82, 2.24) is 15.2 Å². The van der Waals surface area contributed by atoms with Gasteiger partial charge >= 0.3 is 0 Å². The topological polar surface area (TPSA) is 57.3 Å². The Balaban J connectivity index is 2.30. The van der Waals surface area contributed by atoms with Gasteiger partial charge in [-0.25, -0.2) is 0 Å². The van der Waals surface area contributed by atoms with Gasteiger partial charge in [0.25, 0.3) is 5.91 Å². The van der Waals surface area contributed by atoms with Crippen LogP contribution in [0.1, 0.15) is 37.0 Å². The molecule has 0 saturated heterocycles. The van der Waals surface area contributed by atoms with Gasteiger partial charge in [-0.15, -0.1) is 0 Å². The average molecular weight is 278 g/mol. The van der Waals surface area contributed by atoms with Crippen LogP contribution < -0.4 is 10.6 Å². The molecular formula is C15H26N4O. The number of carbonyl (C=O) groups excluding carboxylic acids is 1. The summed E-state index contributed by atoms with van der Waals surface area (Å²) < 4.78 is 0. The highest BCUT2D eigenvalue weighted by atomic mass is 16.1. The summed E-state index contributed by atoms with van der Waals surface area (Å²) in [5, 5.41) is 5.93. The Morgan fingerprint density at radius 3 is 2.80 bits per heavy atom. The first kappa shape index (κ1) is 16.4. The highest BCUT2D eigenvalue weighted by Crippen LogP contribution is 2.11. The van der Waals surface area contributed by atoms with E-state index < -0.39 is 0 Å². The second-order valence-electron chi connectivity index (χ2n) is 5.21. The predicted molar refractivity (Wildman–Crippen MR) is 83.1 cm³/mol. The highest BCUT2D eigenvalue weighted by Gasteiger charge is 2.09. The van der Waals surface area contributed by atoms with Crippen molar-refractivity contribution < 1.29 is 4.79 Å². The van der Waals surface area contributed by atoms with Crippen molar-refractivity contribution in [2.75, 3.05) is 32.5 Å². The van der Waals surface area contributed by atoms with E-state index >= 15 is 0 Å². The number of hydrogen-bond donors (Lipinski definition) is 2. The molecule has 2 N–H and O–H groups in total. The Bertz CT molecular complexity index is 420. The second-order valence-corrected chi connectivity index (χ2v) is 5.21. The fourth-order valence-corrected chi connectivity index (χ4v) is 1.83. The summed E-state index contributed by atoms with van der Waals surface area (Å²) in [5.74, 6) is -0.0473. The van der Waals surface area contributed by atoms with Gasteiger partial charge in [-0.1, -0.05) is 0 Å². The molecule has 20 heavy (non-hydrogen) atoms. The third kappa shape index (κ3) is 5.17. The van der Waals surface area contributed by atoms with Gasteiger partial charge in [-0.3, -0.25) is 9.78 Å². The summed E-state index contributed by atoms with van der Waals surface area (Å²) in [6.07, 6.45) is 5.37. The molecule has 0 atom stereocenters. The Kier molecular flexibility index (Phi) is 7.01. The first-order valence-corrected chi connectivity index (χ1v) is 7.16. The molecule has 1 amide bonds. The molecule has 5 nitrogen and oxygen atoms in total. The predicted octanol–water partition coefficient (Wildman–Crippen LogP) is 1.97. The third-order valence-corrected chi connectivity index (χ3v) is 3.44. The molecule has 0 aliphatic rings. The van der Waals surface area contributed by atoms with Crippen molar-refractivity contribution in [2.45, 2.75) is 32.7 Å². The summed E-state index contributed by atoms with van der Waals surface area (Å²) in [7, 11) is 3.91. The summed E-state index contributed by atoms with van der Waals surface area (Å²) in [6.45, 7) is 6.13. The largest absolute Gasteiger partial charge is 0.386 e. The maximum atomic E-state index is 12.0. The van der Waals surface area contributed by atoms with Gasteiger partial charge in [0.05, 0.1) is 17.4 Å². The Morgan fingerprint density at radius 2 is 2.15 bits per heavy atom. The molecule has 1 aromatic rings. The lowest BCUT2D eigenvalue weighted by Gasteiger charge is -2.20. The van der Waals surface area contributed by atoms with Crippen LogP contribution in [0.2, 0.25) is 0 Å². The fraction of sp³-hybridized carbons (Fsp3) is 0.600. The zero-order chi connectivity index (χ0) is 15.0. The van der Waals surface area contributed by atoms with Crippen molar-refractivity contribution in [2.24, 2.45) is 0 Å². The number of anilines is 1. The molecule has 1 heterocycles. The molecule has 0 aliphatic carbocycles. The number of nitrogens with one attached hydrogen (secondary N) is 2. The number of amides is 1. The number of carbonyl (C=O) groups is 1. The monoisotopic (exact) mass is 278 g/mol. The normalized spacial score (nSPS) is 10.9. The molecule has 0 bridgehead atoms. The molecule has 0 aliphatic heterocycles. The number of hydrogen-bond acceptors (Lipinski definition) is 4. The van der Waals surface area contributed by atoms with Gasteiger partial charge in [0.1, 0.15) is 0 Å². The van der Waals surface area contributed by atoms with E-state index in [1.54, 1.807) is 25.5 Å². The number of unbranched alkanes of at least 4 members (excludes halogenated alkanes) is 1. The van der Waals surface area contributed by atoms with Crippen molar-refractivity contribution in [3.63, 3.8) is 0 Å². The van der Waals surface area contributed by atoms with E-state index in [0.717, 1.165) is 25.1 Å². The SMILES string of the molecule is CNc1cnccc1C(=O)NCCCCN(C)C(C)C. The Hall–Kier alpha value is -1.62. The van der Waals surface area contributed by atoms with Crippen LogP contribution in [0.15, 0.2) is 18.5 Å². The number of aromatic nitrogens is 1. The van der Waals surface area contributed by atoms with Gasteiger partial charge in [-0.2, -0.15) is 0 Å². The van der Waals surface area contributed by atoms with E-state index in [4.69, 9.17) is 0 Å². The summed E-state index contributed by atoms with van der Waals surface area (Å²) in [6, 6.07) is 2.30. The van der Waals surface area contributed by atoms with E-state index in [2.05, 4.69) is 41.4 Å². The maximum absolute atomic E-state index is 12.0. The van der Waals surface area contributed by atoms with Gasteiger partial charge in [0.15, 0.2) is 0 Å². The highest BCUT2D eigenvalue weighted by molar-refractivity contribution is 5.99. The molecular weight excluding hydrogens is 252 g/mol. The van der Waals surface area contributed by atoms with E-state index in [9.17, 15) is 4.79 Å². The van der Waals surface area contributed by atoms with Gasteiger partial charge in [0.2, 0.25) is 0 Å². The molecule has 112 valence electrons. The number of nitrogens with zero attached hydrogens (tertiary/aromatic N) is 2. The number of rotatable bonds is 8. The Morgan fingerprint density at radius 1 is 1.40 bits per heavy atom. The quantitative estimate of drug-likeness (QED) is 0.714. The molecule has 0 aromatic carbocycles. The molecule has 1 rings (SSSR count). The van der Waals surface area contributed by atoms with E-state index in [1.165, 1.54) is 0 Å². The van der Waals surface area contributed by atoms with Gasteiger partial charge in [-0.05, 0) is 46.3 Å². The average Bonchev–Trinajstić information content (AvgIpc) is 2.46. The van der Waals surface area contributed by atoms with Gasteiger partial charge in [0, 0.05) is 25.8 Å². The summed E-state index contributed by atoms with van der Waals surface area (Å²) in [5.41, 5.74) is 1.39. The maximum Gasteiger partial charge on any atom is 0.253 e. The van der Waals surface area contributed by atoms with Crippen LogP contribution in [0.25, 0.3) is 0 Å². The van der Waals surface area contributed by atoms with Crippen LogP contribution in [0.3, 0.4) is 0 Å². The Labute approximate surface area is 121 Å². The molecule has 0 unspecified atom stereocenters. The molecule has 5 heteroatoms. The van der Waals surface area contributed by atoms with Crippen molar-refractivity contribution in [3.05, 3.63) is 24.0 Å². The second kappa shape index (κ2) is 8.53. The smallest absolute Gasteiger partial charge is 0.253 e. The molecule has 1 aromatic heterocycles. The number of pyridine rings is 1. The first-order chi connectivity index (χ1) is 9.56. The first-order valence-electron chi connectivity index (χ1n) is 7.16. The van der Waals surface area contributed by atoms with Crippen LogP contribution in [0, 0.1) is 0 Å². The van der Waals surface area contributed by atoms with Gasteiger partial charge < -0.3 is 15.5 Å². The zero-order valence-corrected chi connectivity index (χ0v) is 12.9. The molecule has 0 radical (unpaired) electrons. The van der Waals surface area contributed by atoms with E-state index in [-0.39, 0.29) is 5.91 Å². The lowest BCUT2D eigenvalue weighted by Crippen LogP contribution is -2.29. The van der Waals surface area contributed by atoms with Crippen LogP contribution in [-0.4, -0.2) is 49.0 Å². The minimum atomic E-state index is -0.0473. The van der Waals surface area contributed by atoms with Crippen molar-refractivity contribution in [1.29, 1.82) is 0 Å². The summed E-state index contributed by atoms with van der Waals surface area (Å²) >= 11 is 0.